The van der Waals surface area contributed by atoms with Gasteiger partial charge in [-0.25, -0.2) is 0 Å². The molecule has 256 valence electrons. The van der Waals surface area contributed by atoms with E-state index in [0.717, 1.165) is 82.2 Å². The van der Waals surface area contributed by atoms with E-state index in [-0.39, 0.29) is 0 Å². The maximum atomic E-state index is 6.50. The molecular formula is C48H58O. The van der Waals surface area contributed by atoms with E-state index in [0.29, 0.717) is 5.92 Å². The molecular weight excluding hydrogens is 593 g/mol. The molecule has 0 amide bonds. The lowest BCUT2D eigenvalue weighted by atomic mass is 9.40. The highest BCUT2D eigenvalue weighted by Gasteiger charge is 2.59. The van der Waals surface area contributed by atoms with Gasteiger partial charge in [0.1, 0.15) is 11.2 Å². The SMILES string of the molecule is c1cc(-c2cccc3c2oc2ccccc23)cc(C2CCC3C(C2)C2CCCCC2C2CC4C5CCCCC5C5CCCCC5C4CC32)c1. The number of benzene rings is 3. The third-order valence-corrected chi connectivity index (χ3v) is 17.1. The lowest BCUT2D eigenvalue weighted by Crippen LogP contribution is -2.57. The van der Waals surface area contributed by atoms with Gasteiger partial charge in [0.15, 0.2) is 0 Å². The van der Waals surface area contributed by atoms with Crippen molar-refractivity contribution >= 4 is 21.9 Å². The highest BCUT2D eigenvalue weighted by Crippen LogP contribution is 2.67. The Labute approximate surface area is 295 Å². The van der Waals surface area contributed by atoms with Gasteiger partial charge in [0.05, 0.1) is 0 Å². The van der Waals surface area contributed by atoms with E-state index in [4.69, 9.17) is 4.42 Å². The van der Waals surface area contributed by atoms with Crippen molar-refractivity contribution in [3.8, 4) is 11.1 Å². The first-order valence-corrected chi connectivity index (χ1v) is 21.3. The van der Waals surface area contributed by atoms with E-state index in [1.165, 1.54) is 66.8 Å². The Morgan fingerprint density at radius 2 is 0.918 bits per heavy atom. The van der Waals surface area contributed by atoms with E-state index in [1.807, 2.05) is 0 Å². The van der Waals surface area contributed by atoms with Crippen LogP contribution in [0.15, 0.2) is 71.1 Å². The minimum Gasteiger partial charge on any atom is -0.455 e. The molecule has 1 heterocycles. The van der Waals surface area contributed by atoms with Gasteiger partial charge in [-0.2, -0.15) is 0 Å². The quantitative estimate of drug-likeness (QED) is 0.210. The van der Waals surface area contributed by atoms with Crippen LogP contribution in [0.2, 0.25) is 0 Å². The van der Waals surface area contributed by atoms with Crippen LogP contribution in [0.5, 0.6) is 0 Å². The molecule has 7 fully saturated rings. The smallest absolute Gasteiger partial charge is 0.143 e. The Morgan fingerprint density at radius 1 is 0.408 bits per heavy atom. The lowest BCUT2D eigenvalue weighted by Gasteiger charge is -2.65. The molecule has 1 nitrogen and oxygen atoms in total. The Bertz CT molecular complexity index is 1830. The first kappa shape index (κ1) is 30.1. The van der Waals surface area contributed by atoms with Crippen LogP contribution in [0.1, 0.15) is 121 Å². The number of furan rings is 1. The number of hydrogen-bond donors (Lipinski definition) is 0. The van der Waals surface area contributed by atoms with E-state index in [9.17, 15) is 0 Å². The van der Waals surface area contributed by atoms with E-state index in [1.54, 1.807) is 69.8 Å². The molecule has 3 aromatic carbocycles. The lowest BCUT2D eigenvalue weighted by molar-refractivity contribution is -0.155. The third kappa shape index (κ3) is 4.75. The second-order valence-electron chi connectivity index (χ2n) is 18.7. The van der Waals surface area contributed by atoms with Crippen LogP contribution in [0, 0.1) is 71.0 Å². The van der Waals surface area contributed by atoms with Gasteiger partial charge in [-0.05, 0) is 165 Å². The van der Waals surface area contributed by atoms with E-state index >= 15 is 0 Å². The van der Waals surface area contributed by atoms with E-state index < -0.39 is 0 Å². The average Bonchev–Trinajstić information content (AvgIpc) is 3.56. The fourth-order valence-corrected chi connectivity index (χ4v) is 15.5. The number of fused-ring (bicyclic) bond motifs is 15. The zero-order valence-electron chi connectivity index (χ0n) is 29.8. The molecule has 7 aliphatic carbocycles. The van der Waals surface area contributed by atoms with Crippen LogP contribution in [-0.4, -0.2) is 0 Å². The van der Waals surface area contributed by atoms with Crippen molar-refractivity contribution in [3.63, 3.8) is 0 Å². The largest absolute Gasteiger partial charge is 0.455 e. The van der Waals surface area contributed by atoms with Crippen LogP contribution < -0.4 is 0 Å². The fourth-order valence-electron chi connectivity index (χ4n) is 15.5. The molecule has 7 aliphatic rings. The van der Waals surface area contributed by atoms with Gasteiger partial charge in [-0.15, -0.1) is 0 Å². The normalized spacial score (nSPS) is 41.5. The van der Waals surface area contributed by atoms with Crippen LogP contribution in [0.4, 0.5) is 0 Å². The minimum absolute atomic E-state index is 0.715. The predicted molar refractivity (Wildman–Crippen MR) is 202 cm³/mol. The van der Waals surface area contributed by atoms with Crippen molar-refractivity contribution in [1.29, 1.82) is 0 Å². The molecule has 0 radical (unpaired) electrons. The molecule has 0 N–H and O–H groups in total. The number of hydrogen-bond acceptors (Lipinski definition) is 1. The second kappa shape index (κ2) is 12.0. The maximum absolute atomic E-state index is 6.50. The molecule has 0 saturated heterocycles. The maximum Gasteiger partial charge on any atom is 0.143 e. The first-order chi connectivity index (χ1) is 24.3. The number of para-hydroxylation sites is 2. The summed E-state index contributed by atoms with van der Waals surface area (Å²) in [6, 6.07) is 25.0. The van der Waals surface area contributed by atoms with Gasteiger partial charge in [0, 0.05) is 16.3 Å². The Hall–Kier alpha value is -2.54. The molecule has 11 rings (SSSR count). The summed E-state index contributed by atoms with van der Waals surface area (Å²) in [6.45, 7) is 0. The molecule has 13 unspecified atom stereocenters. The molecule has 13 atom stereocenters. The van der Waals surface area contributed by atoms with Gasteiger partial charge in [0.25, 0.3) is 0 Å². The fraction of sp³-hybridized carbons (Fsp3) is 0.625. The van der Waals surface area contributed by atoms with Crippen molar-refractivity contribution in [2.24, 2.45) is 71.0 Å². The highest BCUT2D eigenvalue weighted by molar-refractivity contribution is 6.09. The molecule has 1 heteroatoms. The summed E-state index contributed by atoms with van der Waals surface area (Å²) in [5.74, 6) is 13.5. The summed E-state index contributed by atoms with van der Waals surface area (Å²) >= 11 is 0. The average molecular weight is 651 g/mol. The van der Waals surface area contributed by atoms with Gasteiger partial charge in [-0.1, -0.05) is 99.2 Å². The third-order valence-electron chi connectivity index (χ3n) is 17.1. The highest BCUT2D eigenvalue weighted by atomic mass is 16.3. The van der Waals surface area contributed by atoms with Gasteiger partial charge in [-0.3, -0.25) is 0 Å². The molecule has 7 saturated carbocycles. The van der Waals surface area contributed by atoms with Crippen LogP contribution in [0.25, 0.3) is 33.1 Å². The summed E-state index contributed by atoms with van der Waals surface area (Å²) in [6.07, 6.45) is 26.3. The van der Waals surface area contributed by atoms with Crippen LogP contribution >= 0.6 is 0 Å². The molecule has 4 aromatic rings. The Kier molecular flexibility index (Phi) is 7.39. The van der Waals surface area contributed by atoms with Gasteiger partial charge >= 0.3 is 0 Å². The number of rotatable bonds is 2. The zero-order chi connectivity index (χ0) is 32.1. The zero-order valence-corrected chi connectivity index (χ0v) is 29.8. The van der Waals surface area contributed by atoms with Crippen LogP contribution in [0.3, 0.4) is 0 Å². The Balaban J connectivity index is 0.900. The summed E-state index contributed by atoms with van der Waals surface area (Å²) < 4.78 is 6.50. The van der Waals surface area contributed by atoms with Crippen molar-refractivity contribution < 1.29 is 4.42 Å². The van der Waals surface area contributed by atoms with Crippen LogP contribution in [-0.2, 0) is 0 Å². The second-order valence-corrected chi connectivity index (χ2v) is 18.7. The minimum atomic E-state index is 0.715. The van der Waals surface area contributed by atoms with Crippen molar-refractivity contribution in [3.05, 3.63) is 72.3 Å². The predicted octanol–water partition coefficient (Wildman–Crippen LogP) is 13.5. The topological polar surface area (TPSA) is 13.1 Å². The summed E-state index contributed by atoms with van der Waals surface area (Å²) in [5, 5.41) is 2.47. The molecule has 0 spiro atoms. The van der Waals surface area contributed by atoms with Crippen molar-refractivity contribution in [2.45, 2.75) is 115 Å². The molecule has 1 aromatic heterocycles. The van der Waals surface area contributed by atoms with Crippen molar-refractivity contribution in [2.75, 3.05) is 0 Å². The van der Waals surface area contributed by atoms with E-state index in [2.05, 4.69) is 66.7 Å². The van der Waals surface area contributed by atoms with Gasteiger partial charge < -0.3 is 4.42 Å². The van der Waals surface area contributed by atoms with Crippen molar-refractivity contribution in [1.82, 2.24) is 0 Å². The summed E-state index contributed by atoms with van der Waals surface area (Å²) in [7, 11) is 0. The van der Waals surface area contributed by atoms with Gasteiger partial charge in [0.2, 0.25) is 0 Å². The molecule has 0 aliphatic heterocycles. The standard InChI is InChI=1S/C48H58O/c1-3-15-35-33(13-1)34-14-2-4-16-36(34)44-28-46-39-24-23-30(26-42(39)37-17-5-6-18-38(37)45(46)27-43(35)44)29-11-9-12-31(25-29)32-20-10-21-41-40-19-7-8-22-47(40)49-48(32)41/h7-12,19-22,25,30,33-39,42-46H,1-6,13-18,23-24,26-28H2. The summed E-state index contributed by atoms with van der Waals surface area (Å²) in [5.41, 5.74) is 6.23. The molecule has 49 heavy (non-hydrogen) atoms. The summed E-state index contributed by atoms with van der Waals surface area (Å²) in [4.78, 5) is 0. The Morgan fingerprint density at radius 3 is 1.55 bits per heavy atom. The monoisotopic (exact) mass is 650 g/mol. The first-order valence-electron chi connectivity index (χ1n) is 21.3. The molecule has 0 bridgehead atoms.